The second-order valence-corrected chi connectivity index (χ2v) is 3.88. The van der Waals surface area contributed by atoms with Gasteiger partial charge in [0.05, 0.1) is 0 Å². The Morgan fingerprint density at radius 2 is 1.88 bits per heavy atom. The van der Waals surface area contributed by atoms with E-state index in [1.165, 1.54) is 7.05 Å². The standard InChI is InChI=1S/C13H19NO3/c1-3-4-5-6-7-8-9-10(15)11-12(17-11)13(16)14-2/h3-4,7-8,11-12H,5-6,9H2,1-2H3,(H,14,16)/b4-3+,8-7+. The zero-order valence-electron chi connectivity index (χ0n) is 10.3. The Kier molecular flexibility index (Phi) is 5.63. The number of nitrogens with one attached hydrogen (secondary N) is 1. The molecule has 0 aromatic heterocycles. The van der Waals surface area contributed by atoms with Gasteiger partial charge in [0.15, 0.2) is 18.0 Å². The van der Waals surface area contributed by atoms with Crippen LogP contribution >= 0.6 is 0 Å². The number of unbranched alkanes of at least 4 members (excludes halogenated alkanes) is 1. The van der Waals surface area contributed by atoms with Gasteiger partial charge in [0, 0.05) is 13.5 Å². The maximum absolute atomic E-state index is 11.6. The second kappa shape index (κ2) is 7.01. The van der Waals surface area contributed by atoms with Gasteiger partial charge in [0.1, 0.15) is 0 Å². The molecule has 1 rings (SSSR count). The first-order valence-electron chi connectivity index (χ1n) is 5.86. The number of allylic oxidation sites excluding steroid dienone is 4. The highest BCUT2D eigenvalue weighted by Crippen LogP contribution is 2.24. The molecule has 0 bridgehead atoms. The maximum Gasteiger partial charge on any atom is 0.252 e. The average Bonchev–Trinajstić information content (AvgIpc) is 3.12. The van der Waals surface area contributed by atoms with Crippen molar-refractivity contribution >= 4 is 11.7 Å². The number of Topliss-reactive ketones (excluding diaryl/α,β-unsaturated/α-hetero) is 1. The molecule has 1 saturated heterocycles. The van der Waals surface area contributed by atoms with Crippen molar-refractivity contribution in [3.8, 4) is 0 Å². The van der Waals surface area contributed by atoms with Crippen LogP contribution in [0.5, 0.6) is 0 Å². The summed E-state index contributed by atoms with van der Waals surface area (Å²) in [5.74, 6) is -0.249. The number of rotatable bonds is 7. The molecule has 0 aliphatic carbocycles. The number of likely N-dealkylation sites (N-methyl/N-ethyl adjacent to an activating group) is 1. The van der Waals surface area contributed by atoms with Gasteiger partial charge in [-0.3, -0.25) is 9.59 Å². The number of carbonyl (C=O) groups is 2. The number of carbonyl (C=O) groups excluding carboxylic acids is 2. The highest BCUT2D eigenvalue weighted by Gasteiger charge is 2.48. The smallest absolute Gasteiger partial charge is 0.252 e. The fraction of sp³-hybridized carbons (Fsp3) is 0.538. The normalized spacial score (nSPS) is 23.2. The molecule has 94 valence electrons. The van der Waals surface area contributed by atoms with Gasteiger partial charge >= 0.3 is 0 Å². The predicted octanol–water partition coefficient (Wildman–Crippen LogP) is 1.37. The van der Waals surface area contributed by atoms with E-state index in [2.05, 4.69) is 11.4 Å². The summed E-state index contributed by atoms with van der Waals surface area (Å²) >= 11 is 0. The lowest BCUT2D eigenvalue weighted by atomic mass is 10.1. The van der Waals surface area contributed by atoms with Gasteiger partial charge in [0.25, 0.3) is 5.91 Å². The molecule has 1 aliphatic heterocycles. The second-order valence-electron chi connectivity index (χ2n) is 3.88. The third-order valence-electron chi connectivity index (χ3n) is 2.54. The summed E-state index contributed by atoms with van der Waals surface area (Å²) < 4.78 is 5.02. The van der Waals surface area contributed by atoms with Crippen molar-refractivity contribution in [1.29, 1.82) is 0 Å². The number of epoxide rings is 1. The third kappa shape index (κ3) is 4.53. The molecular weight excluding hydrogens is 218 g/mol. The molecule has 17 heavy (non-hydrogen) atoms. The Morgan fingerprint density at radius 1 is 1.18 bits per heavy atom. The van der Waals surface area contributed by atoms with Crippen molar-refractivity contribution in [2.24, 2.45) is 0 Å². The Bertz CT molecular complexity index is 334. The van der Waals surface area contributed by atoms with Crippen LogP contribution in [0.4, 0.5) is 0 Å². The van der Waals surface area contributed by atoms with Gasteiger partial charge < -0.3 is 10.1 Å². The van der Waals surface area contributed by atoms with E-state index in [1.54, 1.807) is 0 Å². The number of ether oxygens (including phenoxy) is 1. The van der Waals surface area contributed by atoms with Gasteiger partial charge in [-0.25, -0.2) is 0 Å². The van der Waals surface area contributed by atoms with Crippen LogP contribution < -0.4 is 5.32 Å². The lowest BCUT2D eigenvalue weighted by molar-refractivity contribution is -0.122. The molecule has 0 aromatic rings. The summed E-state index contributed by atoms with van der Waals surface area (Å²) in [6, 6.07) is 0. The van der Waals surface area contributed by atoms with Gasteiger partial charge in [-0.1, -0.05) is 24.3 Å². The van der Waals surface area contributed by atoms with Crippen molar-refractivity contribution < 1.29 is 14.3 Å². The van der Waals surface area contributed by atoms with Gasteiger partial charge in [-0.05, 0) is 19.8 Å². The molecule has 1 fully saturated rings. The molecule has 0 aromatic carbocycles. The monoisotopic (exact) mass is 237 g/mol. The van der Waals surface area contributed by atoms with Crippen molar-refractivity contribution in [3.05, 3.63) is 24.3 Å². The molecule has 2 unspecified atom stereocenters. The first-order valence-corrected chi connectivity index (χ1v) is 5.86. The quantitative estimate of drug-likeness (QED) is 0.413. The summed E-state index contributed by atoms with van der Waals surface area (Å²) in [5, 5.41) is 2.46. The van der Waals surface area contributed by atoms with Gasteiger partial charge in [-0.2, -0.15) is 0 Å². The molecule has 1 heterocycles. The zero-order valence-corrected chi connectivity index (χ0v) is 10.3. The molecule has 0 radical (unpaired) electrons. The zero-order chi connectivity index (χ0) is 12.7. The Hall–Kier alpha value is -1.42. The minimum absolute atomic E-state index is 0.0270. The number of ketones is 1. The Balaban J connectivity index is 2.17. The summed E-state index contributed by atoms with van der Waals surface area (Å²) in [6.07, 6.45) is 9.07. The fourth-order valence-electron chi connectivity index (χ4n) is 1.49. The first-order chi connectivity index (χ1) is 8.20. The van der Waals surface area contributed by atoms with E-state index >= 15 is 0 Å². The van der Waals surface area contributed by atoms with Crippen LogP contribution in [-0.2, 0) is 14.3 Å². The van der Waals surface area contributed by atoms with E-state index in [1.807, 2.05) is 25.2 Å². The van der Waals surface area contributed by atoms with Gasteiger partial charge in [-0.15, -0.1) is 0 Å². The SMILES string of the molecule is C/C=C/CC/C=C/CC(=O)C1OC1C(=O)NC. The summed E-state index contributed by atoms with van der Waals surface area (Å²) in [6.45, 7) is 1.98. The molecule has 0 spiro atoms. The van der Waals surface area contributed by atoms with E-state index < -0.39 is 12.2 Å². The molecule has 1 aliphatic rings. The molecule has 2 atom stereocenters. The molecule has 0 saturated carbocycles. The topological polar surface area (TPSA) is 58.7 Å². The number of amides is 1. The predicted molar refractivity (Wildman–Crippen MR) is 65.5 cm³/mol. The van der Waals surface area contributed by atoms with Crippen molar-refractivity contribution in [1.82, 2.24) is 5.32 Å². The summed E-state index contributed by atoms with van der Waals surface area (Å²) in [5.41, 5.74) is 0. The third-order valence-corrected chi connectivity index (χ3v) is 2.54. The molecule has 4 nitrogen and oxygen atoms in total. The van der Waals surface area contributed by atoms with Crippen molar-refractivity contribution in [2.45, 2.75) is 38.4 Å². The van der Waals surface area contributed by atoms with E-state index in [4.69, 9.17) is 4.74 Å². The Labute approximate surface area is 102 Å². The minimum Gasteiger partial charge on any atom is -0.357 e. The largest absolute Gasteiger partial charge is 0.357 e. The van der Waals surface area contributed by atoms with E-state index in [0.29, 0.717) is 6.42 Å². The van der Waals surface area contributed by atoms with Crippen molar-refractivity contribution in [3.63, 3.8) is 0 Å². The highest BCUT2D eigenvalue weighted by atomic mass is 16.6. The minimum atomic E-state index is -0.566. The Morgan fingerprint density at radius 3 is 2.53 bits per heavy atom. The van der Waals surface area contributed by atoms with Crippen LogP contribution in [0.1, 0.15) is 26.2 Å². The van der Waals surface area contributed by atoms with Crippen LogP contribution in [0.3, 0.4) is 0 Å². The maximum atomic E-state index is 11.6. The van der Waals surface area contributed by atoms with E-state index in [0.717, 1.165) is 12.8 Å². The number of hydrogen-bond acceptors (Lipinski definition) is 3. The molecule has 1 amide bonds. The molecule has 1 N–H and O–H groups in total. The average molecular weight is 237 g/mol. The van der Waals surface area contributed by atoms with Crippen molar-refractivity contribution in [2.75, 3.05) is 7.05 Å². The summed E-state index contributed by atoms with van der Waals surface area (Å²) in [7, 11) is 1.53. The molecular formula is C13H19NO3. The number of hydrogen-bond donors (Lipinski definition) is 1. The first kappa shape index (κ1) is 13.6. The van der Waals surface area contributed by atoms with E-state index in [9.17, 15) is 9.59 Å². The van der Waals surface area contributed by atoms with Crippen LogP contribution in [0.15, 0.2) is 24.3 Å². The van der Waals surface area contributed by atoms with Crippen LogP contribution in [0.2, 0.25) is 0 Å². The van der Waals surface area contributed by atoms with Crippen LogP contribution in [0.25, 0.3) is 0 Å². The van der Waals surface area contributed by atoms with Gasteiger partial charge in [0.2, 0.25) is 0 Å². The fourth-order valence-corrected chi connectivity index (χ4v) is 1.49. The lowest BCUT2D eigenvalue weighted by Crippen LogP contribution is -2.26. The van der Waals surface area contributed by atoms with Crippen LogP contribution in [0, 0.1) is 0 Å². The lowest BCUT2D eigenvalue weighted by Gasteiger charge is -1.92. The highest BCUT2D eigenvalue weighted by molar-refractivity contribution is 5.96. The van der Waals surface area contributed by atoms with E-state index in [-0.39, 0.29) is 11.7 Å². The molecule has 4 heteroatoms. The van der Waals surface area contributed by atoms with Crippen LogP contribution in [-0.4, -0.2) is 30.9 Å². The summed E-state index contributed by atoms with van der Waals surface area (Å²) in [4.78, 5) is 22.7.